The molecule has 2 unspecified atom stereocenters. The molecule has 2 aromatic rings. The van der Waals surface area contributed by atoms with E-state index in [0.717, 1.165) is 11.3 Å². The number of aliphatic hydroxyl groups is 1. The van der Waals surface area contributed by atoms with Crippen LogP contribution in [-0.2, 0) is 6.54 Å². The molecule has 5 nitrogen and oxygen atoms in total. The zero-order valence-corrected chi connectivity index (χ0v) is 12.4. The second kappa shape index (κ2) is 6.75. The summed E-state index contributed by atoms with van der Waals surface area (Å²) in [6.07, 6.45) is 5.60. The maximum Gasteiger partial charge on any atom is 0.137 e. The van der Waals surface area contributed by atoms with Crippen LogP contribution in [0.25, 0.3) is 5.65 Å². The minimum atomic E-state index is 0.154. The molecule has 0 aliphatic rings. The van der Waals surface area contributed by atoms with Crippen molar-refractivity contribution >= 4 is 17.4 Å². The van der Waals surface area contributed by atoms with Gasteiger partial charge in [-0.05, 0) is 25.3 Å². The van der Waals surface area contributed by atoms with Gasteiger partial charge in [-0.2, -0.15) is 17.0 Å². The smallest absolute Gasteiger partial charge is 0.137 e. The SMILES string of the molecule is CSC(CO)C(C)NCc1cnc2ccc(C#N)cn12. The first-order valence-corrected chi connectivity index (χ1v) is 7.71. The molecule has 2 rings (SSSR count). The molecule has 0 spiro atoms. The molecule has 2 aromatic heterocycles. The highest BCUT2D eigenvalue weighted by atomic mass is 32.2. The van der Waals surface area contributed by atoms with Gasteiger partial charge >= 0.3 is 0 Å². The lowest BCUT2D eigenvalue weighted by Crippen LogP contribution is -2.37. The van der Waals surface area contributed by atoms with Crippen LogP contribution in [0.2, 0.25) is 0 Å². The van der Waals surface area contributed by atoms with Gasteiger partial charge in [-0.15, -0.1) is 0 Å². The fraction of sp³-hybridized carbons (Fsp3) is 0.429. The van der Waals surface area contributed by atoms with Gasteiger partial charge in [0, 0.05) is 24.0 Å². The van der Waals surface area contributed by atoms with E-state index in [2.05, 4.69) is 23.3 Å². The van der Waals surface area contributed by atoms with Crippen molar-refractivity contribution in [2.75, 3.05) is 12.9 Å². The minimum absolute atomic E-state index is 0.154. The Labute approximate surface area is 122 Å². The second-order valence-corrected chi connectivity index (χ2v) is 5.71. The summed E-state index contributed by atoms with van der Waals surface area (Å²) in [5.74, 6) is 0. The quantitative estimate of drug-likeness (QED) is 0.841. The summed E-state index contributed by atoms with van der Waals surface area (Å²) in [6.45, 7) is 2.86. The molecule has 106 valence electrons. The van der Waals surface area contributed by atoms with Crippen molar-refractivity contribution in [3.8, 4) is 6.07 Å². The Bertz CT molecular complexity index is 615. The van der Waals surface area contributed by atoms with Crippen molar-refractivity contribution in [3.63, 3.8) is 0 Å². The van der Waals surface area contributed by atoms with Crippen LogP contribution >= 0.6 is 11.8 Å². The number of aromatic nitrogens is 2. The Morgan fingerprint density at radius 2 is 2.35 bits per heavy atom. The molecule has 2 atom stereocenters. The third-order valence-corrected chi connectivity index (χ3v) is 4.52. The Kier molecular flexibility index (Phi) is 5.01. The topological polar surface area (TPSA) is 73.3 Å². The van der Waals surface area contributed by atoms with Crippen molar-refractivity contribution in [1.82, 2.24) is 14.7 Å². The van der Waals surface area contributed by atoms with Gasteiger partial charge in [0.1, 0.15) is 11.7 Å². The number of nitriles is 1. The first kappa shape index (κ1) is 14.9. The summed E-state index contributed by atoms with van der Waals surface area (Å²) in [5.41, 5.74) is 2.45. The number of nitrogens with zero attached hydrogens (tertiary/aromatic N) is 3. The van der Waals surface area contributed by atoms with E-state index in [4.69, 9.17) is 5.26 Å². The molecule has 0 aliphatic heterocycles. The Morgan fingerprint density at radius 1 is 1.55 bits per heavy atom. The Morgan fingerprint density at radius 3 is 3.00 bits per heavy atom. The maximum atomic E-state index is 9.28. The van der Waals surface area contributed by atoms with E-state index in [1.165, 1.54) is 0 Å². The van der Waals surface area contributed by atoms with Gasteiger partial charge in [0.25, 0.3) is 0 Å². The van der Waals surface area contributed by atoms with E-state index in [0.29, 0.717) is 12.1 Å². The molecular formula is C14H18N4OS. The number of imidazole rings is 1. The summed E-state index contributed by atoms with van der Waals surface area (Å²) in [7, 11) is 0. The normalized spacial score (nSPS) is 14.1. The molecule has 0 radical (unpaired) electrons. The molecule has 2 N–H and O–H groups in total. The zero-order chi connectivity index (χ0) is 14.5. The molecule has 0 aliphatic carbocycles. The van der Waals surface area contributed by atoms with Gasteiger partial charge in [0.2, 0.25) is 0 Å². The van der Waals surface area contributed by atoms with E-state index < -0.39 is 0 Å². The van der Waals surface area contributed by atoms with Crippen LogP contribution in [0.15, 0.2) is 24.5 Å². The lowest BCUT2D eigenvalue weighted by Gasteiger charge is -2.21. The van der Waals surface area contributed by atoms with Gasteiger partial charge in [-0.3, -0.25) is 0 Å². The standard InChI is InChI=1S/C14H18N4OS/c1-10(13(9-19)20-2)16-6-12-7-17-14-4-3-11(5-15)8-18(12)14/h3-4,7-8,10,13,16,19H,6,9H2,1-2H3. The molecule has 0 bridgehead atoms. The van der Waals surface area contributed by atoms with Crippen LogP contribution in [0.5, 0.6) is 0 Å². The third-order valence-electron chi connectivity index (χ3n) is 3.36. The van der Waals surface area contributed by atoms with Crippen molar-refractivity contribution in [2.24, 2.45) is 0 Å². The summed E-state index contributed by atoms with van der Waals surface area (Å²) in [4.78, 5) is 4.32. The van der Waals surface area contributed by atoms with Crippen LogP contribution in [0.4, 0.5) is 0 Å². The molecule has 0 fully saturated rings. The molecule has 2 heterocycles. The molecule has 0 amide bonds. The van der Waals surface area contributed by atoms with Gasteiger partial charge in [-0.25, -0.2) is 4.98 Å². The average molecular weight is 290 g/mol. The van der Waals surface area contributed by atoms with Gasteiger partial charge in [-0.1, -0.05) is 0 Å². The van der Waals surface area contributed by atoms with E-state index in [1.54, 1.807) is 24.0 Å². The van der Waals surface area contributed by atoms with E-state index in [1.807, 2.05) is 22.9 Å². The Balaban J connectivity index is 2.12. The highest BCUT2D eigenvalue weighted by Crippen LogP contribution is 2.12. The van der Waals surface area contributed by atoms with E-state index in [9.17, 15) is 5.11 Å². The number of aliphatic hydroxyl groups excluding tert-OH is 1. The summed E-state index contributed by atoms with van der Waals surface area (Å²) >= 11 is 1.65. The molecular weight excluding hydrogens is 272 g/mol. The molecule has 0 saturated heterocycles. The van der Waals surface area contributed by atoms with E-state index in [-0.39, 0.29) is 17.9 Å². The van der Waals surface area contributed by atoms with Crippen LogP contribution in [0.1, 0.15) is 18.2 Å². The average Bonchev–Trinajstić information content (AvgIpc) is 2.88. The lowest BCUT2D eigenvalue weighted by atomic mass is 10.2. The zero-order valence-electron chi connectivity index (χ0n) is 11.6. The third kappa shape index (κ3) is 3.12. The van der Waals surface area contributed by atoms with Gasteiger partial charge in [0.05, 0.1) is 24.1 Å². The minimum Gasteiger partial charge on any atom is -0.395 e. The van der Waals surface area contributed by atoms with Crippen LogP contribution in [0.3, 0.4) is 0 Å². The summed E-state index contributed by atoms with van der Waals surface area (Å²) in [5, 5.41) is 21.8. The summed E-state index contributed by atoms with van der Waals surface area (Å²) < 4.78 is 1.92. The predicted octanol–water partition coefficient (Wildman–Crippen LogP) is 1.41. The highest BCUT2D eigenvalue weighted by Gasteiger charge is 2.15. The first-order valence-electron chi connectivity index (χ1n) is 6.42. The largest absolute Gasteiger partial charge is 0.395 e. The van der Waals surface area contributed by atoms with Crippen molar-refractivity contribution in [1.29, 1.82) is 5.26 Å². The first-order chi connectivity index (χ1) is 9.69. The maximum absolute atomic E-state index is 9.28. The second-order valence-electron chi connectivity index (χ2n) is 4.63. The van der Waals surface area contributed by atoms with Crippen LogP contribution in [0, 0.1) is 11.3 Å². The van der Waals surface area contributed by atoms with Crippen LogP contribution < -0.4 is 5.32 Å². The number of thioether (sulfide) groups is 1. The van der Waals surface area contributed by atoms with E-state index >= 15 is 0 Å². The highest BCUT2D eigenvalue weighted by molar-refractivity contribution is 7.99. The predicted molar refractivity (Wildman–Crippen MR) is 80.6 cm³/mol. The molecule has 0 aromatic carbocycles. The molecule has 6 heteroatoms. The lowest BCUT2D eigenvalue weighted by molar-refractivity contribution is 0.275. The monoisotopic (exact) mass is 290 g/mol. The van der Waals surface area contributed by atoms with Gasteiger partial charge < -0.3 is 14.8 Å². The number of nitrogens with one attached hydrogen (secondary N) is 1. The number of rotatable bonds is 6. The Hall–Kier alpha value is -1.55. The van der Waals surface area contributed by atoms with Gasteiger partial charge in [0.15, 0.2) is 0 Å². The van der Waals surface area contributed by atoms with Crippen molar-refractivity contribution in [3.05, 3.63) is 35.8 Å². The van der Waals surface area contributed by atoms with Crippen molar-refractivity contribution in [2.45, 2.75) is 24.8 Å². The number of hydrogen-bond acceptors (Lipinski definition) is 5. The van der Waals surface area contributed by atoms with Crippen LogP contribution in [-0.4, -0.2) is 38.6 Å². The number of pyridine rings is 1. The molecule has 20 heavy (non-hydrogen) atoms. The number of fused-ring (bicyclic) bond motifs is 1. The molecule has 0 saturated carbocycles. The summed E-state index contributed by atoms with van der Waals surface area (Å²) in [6, 6.07) is 5.93. The fourth-order valence-electron chi connectivity index (χ4n) is 2.06. The fourth-order valence-corrected chi connectivity index (χ4v) is 2.72. The number of hydrogen-bond donors (Lipinski definition) is 2. The van der Waals surface area contributed by atoms with Crippen molar-refractivity contribution < 1.29 is 5.11 Å².